The van der Waals surface area contributed by atoms with E-state index in [1.54, 1.807) is 0 Å². The van der Waals surface area contributed by atoms with Crippen LogP contribution in [0.2, 0.25) is 0 Å². The molecule has 64 valence electrons. The number of aromatic nitrogens is 2. The Balaban J connectivity index is 1.89. The number of hydrogen-bond acceptors (Lipinski definition) is 3. The summed E-state index contributed by atoms with van der Waals surface area (Å²) in [5.74, 6) is 3.14. The van der Waals surface area contributed by atoms with E-state index >= 15 is 0 Å². The van der Waals surface area contributed by atoms with Crippen molar-refractivity contribution in [3.05, 3.63) is 10.7 Å². The molecule has 2 aliphatic rings. The number of H-pyrrole nitrogens is 1. The molecule has 0 spiro atoms. The average molecular weight is 182 g/mol. The zero-order valence-electron chi connectivity index (χ0n) is 6.62. The van der Waals surface area contributed by atoms with Gasteiger partial charge in [-0.2, -0.15) is 0 Å². The molecule has 2 unspecified atom stereocenters. The lowest BCUT2D eigenvalue weighted by atomic mass is 10.1. The molecule has 1 aromatic rings. The maximum absolute atomic E-state index is 5.29. The summed E-state index contributed by atoms with van der Waals surface area (Å²) >= 11 is 4.83. The van der Waals surface area contributed by atoms with Gasteiger partial charge in [-0.15, -0.1) is 5.10 Å². The van der Waals surface area contributed by atoms with E-state index in [-0.39, 0.29) is 0 Å². The Morgan fingerprint density at radius 1 is 1.42 bits per heavy atom. The molecular weight excluding hydrogens is 172 g/mol. The highest BCUT2D eigenvalue weighted by atomic mass is 32.1. The molecule has 1 heterocycles. The number of fused-ring (bicyclic) bond motifs is 1. The van der Waals surface area contributed by atoms with Gasteiger partial charge in [0.05, 0.1) is 0 Å². The van der Waals surface area contributed by atoms with Gasteiger partial charge in [-0.05, 0) is 36.9 Å². The van der Waals surface area contributed by atoms with Gasteiger partial charge < -0.3 is 4.42 Å². The molecule has 0 amide bonds. The van der Waals surface area contributed by atoms with E-state index in [1.165, 1.54) is 19.3 Å². The van der Waals surface area contributed by atoms with Gasteiger partial charge in [0.1, 0.15) is 0 Å². The fraction of sp³-hybridized carbons (Fsp3) is 0.750. The molecule has 0 aromatic carbocycles. The summed E-state index contributed by atoms with van der Waals surface area (Å²) in [6.45, 7) is 0. The van der Waals surface area contributed by atoms with Crippen LogP contribution in [-0.2, 0) is 0 Å². The Hall–Kier alpha value is -0.640. The van der Waals surface area contributed by atoms with Crippen molar-refractivity contribution in [3.8, 4) is 0 Å². The second-order valence-electron chi connectivity index (χ2n) is 3.74. The summed E-state index contributed by atoms with van der Waals surface area (Å²) in [7, 11) is 0. The Labute approximate surface area is 75.2 Å². The predicted octanol–water partition coefficient (Wildman–Crippen LogP) is 2.25. The van der Waals surface area contributed by atoms with Crippen LogP contribution in [-0.4, -0.2) is 10.2 Å². The Morgan fingerprint density at radius 3 is 2.75 bits per heavy atom. The highest BCUT2D eigenvalue weighted by Crippen LogP contribution is 2.62. The van der Waals surface area contributed by atoms with E-state index in [9.17, 15) is 0 Å². The van der Waals surface area contributed by atoms with Gasteiger partial charge in [-0.1, -0.05) is 6.42 Å². The first kappa shape index (κ1) is 6.83. The minimum Gasteiger partial charge on any atom is -0.414 e. The fourth-order valence-electron chi connectivity index (χ4n) is 2.57. The van der Waals surface area contributed by atoms with Crippen LogP contribution in [0, 0.1) is 16.7 Å². The standard InChI is InChI=1S/C8H10N2OS/c12-8-10-9-7(11-8)6-4-2-1-3-5(4)6/h4-6H,1-3H2,(H,10,12). The normalized spacial score (nSPS) is 38.2. The number of aromatic amines is 1. The van der Waals surface area contributed by atoms with Crippen LogP contribution in [0.15, 0.2) is 4.42 Å². The van der Waals surface area contributed by atoms with Crippen LogP contribution in [0.3, 0.4) is 0 Å². The predicted molar refractivity (Wildman–Crippen MR) is 45.3 cm³/mol. The molecule has 4 heteroatoms. The van der Waals surface area contributed by atoms with Crippen molar-refractivity contribution in [1.29, 1.82) is 0 Å². The lowest BCUT2D eigenvalue weighted by Gasteiger charge is -1.94. The highest BCUT2D eigenvalue weighted by Gasteiger charge is 2.55. The van der Waals surface area contributed by atoms with Gasteiger partial charge >= 0.3 is 0 Å². The van der Waals surface area contributed by atoms with Crippen molar-refractivity contribution in [2.45, 2.75) is 25.2 Å². The van der Waals surface area contributed by atoms with E-state index in [2.05, 4.69) is 10.2 Å². The third-order valence-electron chi connectivity index (χ3n) is 3.15. The number of nitrogens with zero attached hydrogens (tertiary/aromatic N) is 1. The van der Waals surface area contributed by atoms with Crippen molar-refractivity contribution < 1.29 is 4.42 Å². The van der Waals surface area contributed by atoms with Crippen molar-refractivity contribution >= 4 is 12.2 Å². The molecule has 3 rings (SSSR count). The average Bonchev–Trinajstić information content (AvgIpc) is 2.55. The van der Waals surface area contributed by atoms with Crippen LogP contribution < -0.4 is 0 Å². The van der Waals surface area contributed by atoms with Crippen LogP contribution >= 0.6 is 12.2 Å². The molecule has 0 radical (unpaired) electrons. The first-order valence-corrected chi connectivity index (χ1v) is 4.82. The van der Waals surface area contributed by atoms with Crippen molar-refractivity contribution in [2.24, 2.45) is 11.8 Å². The summed E-state index contributed by atoms with van der Waals surface area (Å²) in [6.07, 6.45) is 4.09. The van der Waals surface area contributed by atoms with Gasteiger partial charge in [0.25, 0.3) is 4.84 Å². The molecule has 0 bridgehead atoms. The topological polar surface area (TPSA) is 41.8 Å². The fourth-order valence-corrected chi connectivity index (χ4v) is 2.70. The molecule has 2 fully saturated rings. The van der Waals surface area contributed by atoms with E-state index in [0.29, 0.717) is 10.8 Å². The molecule has 3 nitrogen and oxygen atoms in total. The van der Waals surface area contributed by atoms with Crippen LogP contribution in [0.25, 0.3) is 0 Å². The minimum absolute atomic E-state index is 0.412. The second kappa shape index (κ2) is 2.19. The lowest BCUT2D eigenvalue weighted by Crippen LogP contribution is -1.87. The number of nitrogens with one attached hydrogen (secondary N) is 1. The van der Waals surface area contributed by atoms with Gasteiger partial charge in [-0.25, -0.2) is 5.10 Å². The zero-order chi connectivity index (χ0) is 8.13. The molecule has 0 aliphatic heterocycles. The first-order chi connectivity index (χ1) is 5.86. The van der Waals surface area contributed by atoms with E-state index in [4.69, 9.17) is 16.6 Å². The first-order valence-electron chi connectivity index (χ1n) is 4.41. The lowest BCUT2D eigenvalue weighted by molar-refractivity contribution is 0.459. The Bertz CT molecular complexity index is 346. The molecule has 0 saturated heterocycles. The molecule has 2 aliphatic carbocycles. The van der Waals surface area contributed by atoms with Crippen LogP contribution in [0.4, 0.5) is 0 Å². The van der Waals surface area contributed by atoms with Crippen molar-refractivity contribution in [1.82, 2.24) is 10.2 Å². The second-order valence-corrected chi connectivity index (χ2v) is 4.11. The van der Waals surface area contributed by atoms with E-state index in [0.717, 1.165) is 17.7 Å². The maximum Gasteiger partial charge on any atom is 0.284 e. The van der Waals surface area contributed by atoms with Gasteiger partial charge in [0.15, 0.2) is 0 Å². The van der Waals surface area contributed by atoms with Gasteiger partial charge in [0, 0.05) is 5.92 Å². The summed E-state index contributed by atoms with van der Waals surface area (Å²) in [4.78, 5) is 0.412. The Kier molecular flexibility index (Phi) is 1.25. The monoisotopic (exact) mass is 182 g/mol. The molecule has 1 aromatic heterocycles. The minimum atomic E-state index is 0.412. The molecular formula is C8H10N2OS. The largest absolute Gasteiger partial charge is 0.414 e. The molecule has 2 saturated carbocycles. The van der Waals surface area contributed by atoms with Crippen molar-refractivity contribution in [3.63, 3.8) is 0 Å². The third-order valence-corrected chi connectivity index (χ3v) is 3.32. The quantitative estimate of drug-likeness (QED) is 0.677. The van der Waals surface area contributed by atoms with E-state index in [1.807, 2.05) is 0 Å². The van der Waals surface area contributed by atoms with Crippen LogP contribution in [0.5, 0.6) is 0 Å². The molecule has 12 heavy (non-hydrogen) atoms. The molecule has 2 atom stereocenters. The summed E-state index contributed by atoms with van der Waals surface area (Å²) < 4.78 is 5.29. The Morgan fingerprint density at radius 2 is 2.17 bits per heavy atom. The number of rotatable bonds is 1. The third kappa shape index (κ3) is 0.813. The summed E-state index contributed by atoms with van der Waals surface area (Å²) in [5, 5.41) is 6.74. The zero-order valence-corrected chi connectivity index (χ0v) is 7.43. The van der Waals surface area contributed by atoms with Gasteiger partial charge in [-0.3, -0.25) is 0 Å². The van der Waals surface area contributed by atoms with Crippen LogP contribution in [0.1, 0.15) is 31.1 Å². The highest BCUT2D eigenvalue weighted by molar-refractivity contribution is 7.71. The summed E-state index contributed by atoms with van der Waals surface area (Å²) in [6, 6.07) is 0. The maximum atomic E-state index is 5.29. The number of hydrogen-bond donors (Lipinski definition) is 1. The van der Waals surface area contributed by atoms with E-state index < -0.39 is 0 Å². The SMILES string of the molecule is S=c1[nH]nc(C2C3CCCC32)o1. The smallest absolute Gasteiger partial charge is 0.284 e. The molecule has 1 N–H and O–H groups in total. The van der Waals surface area contributed by atoms with Crippen molar-refractivity contribution in [2.75, 3.05) is 0 Å². The summed E-state index contributed by atoms with van der Waals surface area (Å²) in [5.41, 5.74) is 0. The van der Waals surface area contributed by atoms with Gasteiger partial charge in [0.2, 0.25) is 5.89 Å².